The smallest absolute Gasteiger partial charge is 0.276 e. The van der Waals surface area contributed by atoms with Gasteiger partial charge in [-0.2, -0.15) is 5.10 Å². The minimum absolute atomic E-state index is 0.108. The van der Waals surface area contributed by atoms with Crippen LogP contribution in [0.2, 0.25) is 5.02 Å². The van der Waals surface area contributed by atoms with E-state index in [0.29, 0.717) is 29.8 Å². The molecule has 0 radical (unpaired) electrons. The third-order valence-corrected chi connectivity index (χ3v) is 5.17. The van der Waals surface area contributed by atoms with Gasteiger partial charge in [0.1, 0.15) is 6.10 Å². The Bertz CT molecular complexity index is 995. The van der Waals surface area contributed by atoms with Gasteiger partial charge >= 0.3 is 0 Å². The third-order valence-electron chi connectivity index (χ3n) is 4.92. The van der Waals surface area contributed by atoms with Crippen LogP contribution < -0.4 is 5.32 Å². The molecule has 3 aromatic rings. The fraction of sp³-hybridized carbons (Fsp3) is 0.273. The summed E-state index contributed by atoms with van der Waals surface area (Å²) >= 11 is 5.96. The van der Waals surface area contributed by atoms with Crippen molar-refractivity contribution >= 4 is 23.2 Å². The van der Waals surface area contributed by atoms with E-state index >= 15 is 0 Å². The molecule has 1 unspecified atom stereocenters. The Hall–Kier alpha value is -2.63. The summed E-state index contributed by atoms with van der Waals surface area (Å²) in [5.41, 5.74) is 4.29. The Labute approximate surface area is 169 Å². The first-order chi connectivity index (χ1) is 13.5. The maximum Gasteiger partial charge on any atom is 0.276 e. The zero-order valence-corrected chi connectivity index (χ0v) is 16.6. The monoisotopic (exact) mass is 395 g/mol. The van der Waals surface area contributed by atoms with Gasteiger partial charge in [0.2, 0.25) is 0 Å². The highest BCUT2D eigenvalue weighted by atomic mass is 35.5. The molecule has 144 valence electrons. The molecule has 0 bridgehead atoms. The molecule has 0 aliphatic carbocycles. The fourth-order valence-corrected chi connectivity index (χ4v) is 3.41. The number of carbonyl (C=O) groups is 1. The first-order valence-corrected chi connectivity index (χ1v) is 9.72. The van der Waals surface area contributed by atoms with Crippen LogP contribution in [-0.4, -0.2) is 15.7 Å². The van der Waals surface area contributed by atoms with Crippen molar-refractivity contribution in [3.8, 4) is 0 Å². The van der Waals surface area contributed by atoms with Gasteiger partial charge in [0.05, 0.1) is 18.8 Å². The first kappa shape index (κ1) is 18.7. The lowest BCUT2D eigenvalue weighted by Gasteiger charge is -2.24. The number of hydrogen-bond acceptors (Lipinski definition) is 3. The summed E-state index contributed by atoms with van der Waals surface area (Å²) in [6, 6.07) is 17.3. The molecule has 5 nitrogen and oxygen atoms in total. The van der Waals surface area contributed by atoms with Crippen molar-refractivity contribution < 1.29 is 9.53 Å². The van der Waals surface area contributed by atoms with Gasteiger partial charge in [-0.05, 0) is 47.4 Å². The number of hydrogen-bond donors (Lipinski definition) is 1. The lowest BCUT2D eigenvalue weighted by molar-refractivity contribution is -0.00118. The summed E-state index contributed by atoms with van der Waals surface area (Å²) < 4.78 is 7.80. The third kappa shape index (κ3) is 3.96. The average molecular weight is 396 g/mol. The van der Waals surface area contributed by atoms with E-state index in [4.69, 9.17) is 16.3 Å². The van der Waals surface area contributed by atoms with Gasteiger partial charge in [0.15, 0.2) is 5.69 Å². The molecule has 1 aliphatic rings. The standard InChI is InChI=1S/C22H22ClN3O2/c1-14(2)16-4-3-5-18(10-16)24-22(27)20-11-19-13-28-21(12-26(19)25-20)15-6-8-17(23)9-7-15/h3-11,14,21H,12-13H2,1-2H3,(H,24,27). The van der Waals surface area contributed by atoms with Gasteiger partial charge in [-0.15, -0.1) is 0 Å². The molecule has 0 fully saturated rings. The van der Waals surface area contributed by atoms with E-state index in [1.807, 2.05) is 47.1 Å². The zero-order chi connectivity index (χ0) is 19.7. The molecule has 28 heavy (non-hydrogen) atoms. The van der Waals surface area contributed by atoms with Crippen LogP contribution in [0, 0.1) is 0 Å². The Morgan fingerprint density at radius 2 is 2.00 bits per heavy atom. The van der Waals surface area contributed by atoms with Crippen LogP contribution in [0.15, 0.2) is 54.6 Å². The molecular formula is C22H22ClN3O2. The number of aromatic nitrogens is 2. The number of ether oxygens (including phenoxy) is 1. The fourth-order valence-electron chi connectivity index (χ4n) is 3.29. The van der Waals surface area contributed by atoms with Crippen LogP contribution in [-0.2, 0) is 17.9 Å². The molecule has 0 saturated heterocycles. The molecule has 1 aromatic heterocycles. The summed E-state index contributed by atoms with van der Waals surface area (Å²) in [4.78, 5) is 12.7. The lowest BCUT2D eigenvalue weighted by atomic mass is 10.0. The molecule has 4 rings (SSSR count). The topological polar surface area (TPSA) is 56.2 Å². The summed E-state index contributed by atoms with van der Waals surface area (Å²) in [6.45, 7) is 5.23. The second-order valence-corrected chi connectivity index (χ2v) is 7.72. The van der Waals surface area contributed by atoms with E-state index < -0.39 is 0 Å². The molecular weight excluding hydrogens is 374 g/mol. The Morgan fingerprint density at radius 1 is 1.21 bits per heavy atom. The Morgan fingerprint density at radius 3 is 2.75 bits per heavy atom. The van der Waals surface area contributed by atoms with E-state index in [-0.39, 0.29) is 12.0 Å². The van der Waals surface area contributed by atoms with E-state index in [9.17, 15) is 4.79 Å². The Kier molecular flexibility index (Phi) is 5.20. The average Bonchev–Trinajstić information content (AvgIpc) is 3.12. The minimum atomic E-state index is -0.217. The van der Waals surface area contributed by atoms with Gasteiger partial charge in [-0.1, -0.05) is 49.7 Å². The number of amides is 1. The summed E-state index contributed by atoms with van der Waals surface area (Å²) in [7, 11) is 0. The summed E-state index contributed by atoms with van der Waals surface area (Å²) in [5, 5.41) is 8.13. The first-order valence-electron chi connectivity index (χ1n) is 9.34. The predicted molar refractivity (Wildman–Crippen MR) is 110 cm³/mol. The quantitative estimate of drug-likeness (QED) is 0.661. The predicted octanol–water partition coefficient (Wildman–Crippen LogP) is 5.18. The van der Waals surface area contributed by atoms with E-state index in [1.54, 1.807) is 6.07 Å². The van der Waals surface area contributed by atoms with Crippen molar-refractivity contribution in [2.45, 2.75) is 39.0 Å². The largest absolute Gasteiger partial charge is 0.365 e. The van der Waals surface area contributed by atoms with Crippen molar-refractivity contribution in [1.82, 2.24) is 9.78 Å². The summed E-state index contributed by atoms with van der Waals surface area (Å²) in [6.07, 6.45) is -0.108. The highest BCUT2D eigenvalue weighted by molar-refractivity contribution is 6.30. The molecule has 0 saturated carbocycles. The van der Waals surface area contributed by atoms with Gasteiger partial charge in [-0.25, -0.2) is 0 Å². The van der Waals surface area contributed by atoms with Crippen molar-refractivity contribution in [3.63, 3.8) is 0 Å². The molecule has 1 N–H and O–H groups in total. The molecule has 2 heterocycles. The maximum atomic E-state index is 12.7. The molecule has 0 spiro atoms. The van der Waals surface area contributed by atoms with Crippen molar-refractivity contribution in [1.29, 1.82) is 0 Å². The highest BCUT2D eigenvalue weighted by Gasteiger charge is 2.24. The number of benzene rings is 2. The van der Waals surface area contributed by atoms with Crippen molar-refractivity contribution in [2.75, 3.05) is 5.32 Å². The molecule has 1 amide bonds. The van der Waals surface area contributed by atoms with Crippen molar-refractivity contribution in [3.05, 3.63) is 82.1 Å². The maximum absolute atomic E-state index is 12.7. The van der Waals surface area contributed by atoms with Crippen molar-refractivity contribution in [2.24, 2.45) is 0 Å². The van der Waals surface area contributed by atoms with Gasteiger partial charge in [0.25, 0.3) is 5.91 Å². The van der Waals surface area contributed by atoms with Crippen LogP contribution in [0.1, 0.15) is 53.2 Å². The number of carbonyl (C=O) groups excluding carboxylic acids is 1. The molecule has 1 aliphatic heterocycles. The lowest BCUT2D eigenvalue weighted by Crippen LogP contribution is -2.22. The van der Waals surface area contributed by atoms with Crippen LogP contribution in [0.4, 0.5) is 5.69 Å². The zero-order valence-electron chi connectivity index (χ0n) is 15.9. The van der Waals surface area contributed by atoms with Gasteiger partial charge < -0.3 is 10.1 Å². The number of anilines is 1. The van der Waals surface area contributed by atoms with Crippen LogP contribution in [0.3, 0.4) is 0 Å². The molecule has 2 aromatic carbocycles. The molecule has 1 atom stereocenters. The number of nitrogens with one attached hydrogen (secondary N) is 1. The van der Waals surface area contributed by atoms with E-state index in [0.717, 1.165) is 16.9 Å². The summed E-state index contributed by atoms with van der Waals surface area (Å²) in [5.74, 6) is 0.185. The van der Waals surface area contributed by atoms with Crippen LogP contribution in [0.25, 0.3) is 0 Å². The van der Waals surface area contributed by atoms with Crippen LogP contribution >= 0.6 is 11.6 Å². The number of halogens is 1. The SMILES string of the molecule is CC(C)c1cccc(NC(=O)c2cc3n(n2)CC(c2ccc(Cl)cc2)OC3)c1. The normalized spacial score (nSPS) is 16.1. The van der Waals surface area contributed by atoms with E-state index in [1.165, 1.54) is 5.56 Å². The number of nitrogens with zero attached hydrogens (tertiary/aromatic N) is 2. The molecule has 6 heteroatoms. The second-order valence-electron chi connectivity index (χ2n) is 7.29. The Balaban J connectivity index is 1.48. The van der Waals surface area contributed by atoms with Crippen LogP contribution in [0.5, 0.6) is 0 Å². The number of rotatable bonds is 4. The highest BCUT2D eigenvalue weighted by Crippen LogP contribution is 2.27. The second kappa shape index (κ2) is 7.78. The minimum Gasteiger partial charge on any atom is -0.365 e. The van der Waals surface area contributed by atoms with E-state index in [2.05, 4.69) is 30.3 Å². The van der Waals surface area contributed by atoms with Gasteiger partial charge in [-0.3, -0.25) is 9.48 Å². The van der Waals surface area contributed by atoms with Gasteiger partial charge in [0, 0.05) is 10.7 Å². The number of fused-ring (bicyclic) bond motifs is 1.